The van der Waals surface area contributed by atoms with Gasteiger partial charge in [0.25, 0.3) is 0 Å². The molecule has 0 heterocycles. The zero-order chi connectivity index (χ0) is 12.0. The molecule has 0 aliphatic carbocycles. The van der Waals surface area contributed by atoms with Crippen molar-refractivity contribution >= 4 is 0 Å². The fourth-order valence-electron chi connectivity index (χ4n) is 1.43. The molecule has 2 N–H and O–H groups in total. The summed E-state index contributed by atoms with van der Waals surface area (Å²) < 4.78 is 13.0. The minimum atomic E-state index is -0.593. The summed E-state index contributed by atoms with van der Waals surface area (Å²) in [5.41, 5.74) is 0.797. The Bertz CT molecular complexity index is 384. The number of hydrogen-bond donors (Lipinski definition) is 2. The summed E-state index contributed by atoms with van der Waals surface area (Å²) >= 11 is 0. The van der Waals surface area contributed by atoms with Crippen LogP contribution in [0.4, 0.5) is 4.39 Å². The van der Waals surface area contributed by atoms with Gasteiger partial charge >= 0.3 is 0 Å². The summed E-state index contributed by atoms with van der Waals surface area (Å²) in [4.78, 5) is 0. The first-order valence-electron chi connectivity index (χ1n) is 5.31. The van der Waals surface area contributed by atoms with Gasteiger partial charge in [-0.1, -0.05) is 13.0 Å². The lowest BCUT2D eigenvalue weighted by Crippen LogP contribution is -2.27. The molecule has 2 nitrogen and oxygen atoms in total. The molecule has 0 amide bonds. The predicted molar refractivity (Wildman–Crippen MR) is 62.4 cm³/mol. The highest BCUT2D eigenvalue weighted by molar-refractivity contribution is 5.27. The Morgan fingerprint density at radius 3 is 2.88 bits per heavy atom. The van der Waals surface area contributed by atoms with E-state index >= 15 is 0 Å². The fraction of sp³-hybridized carbons (Fsp3) is 0.385. The van der Waals surface area contributed by atoms with Crippen LogP contribution >= 0.6 is 0 Å². The van der Waals surface area contributed by atoms with Crippen molar-refractivity contribution in [3.63, 3.8) is 0 Å². The highest BCUT2D eigenvalue weighted by Crippen LogP contribution is 2.16. The minimum absolute atomic E-state index is 0.252. The number of halogens is 1. The summed E-state index contributed by atoms with van der Waals surface area (Å²) in [7, 11) is 0. The van der Waals surface area contributed by atoms with Gasteiger partial charge in [0.05, 0.1) is 0 Å². The summed E-state index contributed by atoms with van der Waals surface area (Å²) in [6, 6.07) is 4.62. The summed E-state index contributed by atoms with van der Waals surface area (Å²) in [6.45, 7) is 2.60. The largest absolute Gasteiger partial charge is 0.505 e. The molecule has 0 saturated carbocycles. The summed E-state index contributed by atoms with van der Waals surface area (Å²) in [5, 5.41) is 12.3. The van der Waals surface area contributed by atoms with Crippen LogP contribution in [0.2, 0.25) is 0 Å². The van der Waals surface area contributed by atoms with Crippen molar-refractivity contribution in [2.45, 2.75) is 32.4 Å². The smallest absolute Gasteiger partial charge is 0.165 e. The maximum Gasteiger partial charge on any atom is 0.165 e. The molecule has 1 rings (SSSR count). The average molecular weight is 221 g/mol. The third-order valence-corrected chi connectivity index (χ3v) is 2.46. The molecular weight excluding hydrogens is 205 g/mol. The maximum atomic E-state index is 13.0. The third kappa shape index (κ3) is 3.56. The van der Waals surface area contributed by atoms with E-state index in [2.05, 4.69) is 11.2 Å². The molecule has 1 aromatic carbocycles. The molecule has 1 aromatic rings. The van der Waals surface area contributed by atoms with E-state index in [0.29, 0.717) is 13.0 Å². The van der Waals surface area contributed by atoms with Gasteiger partial charge in [-0.05, 0) is 24.1 Å². The van der Waals surface area contributed by atoms with Gasteiger partial charge in [-0.15, -0.1) is 12.3 Å². The number of nitrogens with one attached hydrogen (secondary N) is 1. The molecule has 1 atom stereocenters. The lowest BCUT2D eigenvalue weighted by Gasteiger charge is -2.14. The molecule has 0 bridgehead atoms. The fourth-order valence-corrected chi connectivity index (χ4v) is 1.43. The average Bonchev–Trinajstić information content (AvgIpc) is 2.28. The van der Waals surface area contributed by atoms with Gasteiger partial charge in [0.15, 0.2) is 11.6 Å². The van der Waals surface area contributed by atoms with Crippen molar-refractivity contribution in [1.29, 1.82) is 0 Å². The molecule has 0 aliphatic rings. The second-order valence-corrected chi connectivity index (χ2v) is 3.68. The van der Waals surface area contributed by atoms with Crippen LogP contribution in [-0.2, 0) is 6.54 Å². The van der Waals surface area contributed by atoms with E-state index in [-0.39, 0.29) is 11.8 Å². The number of phenolic OH excluding ortho intramolecular Hbond substituents is 1. The van der Waals surface area contributed by atoms with E-state index in [1.807, 2.05) is 6.92 Å². The van der Waals surface area contributed by atoms with E-state index in [1.165, 1.54) is 12.1 Å². The second kappa shape index (κ2) is 6.14. The number of hydrogen-bond acceptors (Lipinski definition) is 2. The van der Waals surface area contributed by atoms with E-state index in [4.69, 9.17) is 11.5 Å². The first kappa shape index (κ1) is 12.5. The number of benzene rings is 1. The summed E-state index contributed by atoms with van der Waals surface area (Å²) in [5.74, 6) is 1.69. The Balaban J connectivity index is 2.54. The molecule has 0 aromatic heterocycles. The first-order chi connectivity index (χ1) is 7.67. The van der Waals surface area contributed by atoms with Crippen molar-refractivity contribution in [2.24, 2.45) is 0 Å². The monoisotopic (exact) mass is 221 g/mol. The number of aromatic hydroxyl groups is 1. The van der Waals surface area contributed by atoms with Gasteiger partial charge in [0.2, 0.25) is 0 Å². The van der Waals surface area contributed by atoms with Gasteiger partial charge in [0, 0.05) is 19.0 Å². The minimum Gasteiger partial charge on any atom is -0.505 e. The molecule has 0 spiro atoms. The van der Waals surface area contributed by atoms with Crippen LogP contribution in [0.25, 0.3) is 0 Å². The normalized spacial score (nSPS) is 12.1. The van der Waals surface area contributed by atoms with Crippen molar-refractivity contribution in [3.8, 4) is 18.1 Å². The molecular formula is C13H16FNO. The van der Waals surface area contributed by atoms with E-state index in [1.54, 1.807) is 6.07 Å². The van der Waals surface area contributed by atoms with Crippen molar-refractivity contribution in [2.75, 3.05) is 0 Å². The highest BCUT2D eigenvalue weighted by atomic mass is 19.1. The molecule has 0 aliphatic heterocycles. The Hall–Kier alpha value is -1.53. The Morgan fingerprint density at radius 2 is 2.31 bits per heavy atom. The quantitative estimate of drug-likeness (QED) is 0.748. The van der Waals surface area contributed by atoms with Crippen LogP contribution in [0.5, 0.6) is 5.75 Å². The van der Waals surface area contributed by atoms with Crippen LogP contribution in [0, 0.1) is 18.2 Å². The molecule has 3 heteroatoms. The standard InChI is InChI=1S/C13H16FNO/c1-3-5-11(4-2)15-9-10-6-7-13(16)12(14)8-10/h1,6-8,11,15-16H,4-5,9H2,2H3. The zero-order valence-electron chi connectivity index (χ0n) is 9.33. The van der Waals surface area contributed by atoms with Crippen LogP contribution < -0.4 is 5.32 Å². The van der Waals surface area contributed by atoms with Crippen LogP contribution in [0.15, 0.2) is 18.2 Å². The van der Waals surface area contributed by atoms with Crippen molar-refractivity contribution < 1.29 is 9.50 Å². The molecule has 0 radical (unpaired) electrons. The van der Waals surface area contributed by atoms with Crippen LogP contribution in [-0.4, -0.2) is 11.1 Å². The maximum absolute atomic E-state index is 13.0. The highest BCUT2D eigenvalue weighted by Gasteiger charge is 2.05. The van der Waals surface area contributed by atoms with Crippen molar-refractivity contribution in [3.05, 3.63) is 29.6 Å². The van der Waals surface area contributed by atoms with E-state index in [9.17, 15) is 4.39 Å². The van der Waals surface area contributed by atoms with Gasteiger partial charge < -0.3 is 10.4 Å². The number of phenols is 1. The molecule has 0 saturated heterocycles. The van der Waals surface area contributed by atoms with E-state index in [0.717, 1.165) is 12.0 Å². The topological polar surface area (TPSA) is 32.3 Å². The molecule has 1 unspecified atom stereocenters. The SMILES string of the molecule is C#CCC(CC)NCc1ccc(O)c(F)c1. The number of rotatable bonds is 5. The van der Waals surface area contributed by atoms with E-state index < -0.39 is 5.82 Å². The van der Waals surface area contributed by atoms with Crippen molar-refractivity contribution in [1.82, 2.24) is 5.32 Å². The van der Waals surface area contributed by atoms with Gasteiger partial charge in [-0.3, -0.25) is 0 Å². The molecule has 0 fully saturated rings. The molecule has 16 heavy (non-hydrogen) atoms. The Morgan fingerprint density at radius 1 is 1.56 bits per heavy atom. The molecule has 86 valence electrons. The second-order valence-electron chi connectivity index (χ2n) is 3.68. The van der Waals surface area contributed by atoms with Gasteiger partial charge in [-0.2, -0.15) is 0 Å². The lowest BCUT2D eigenvalue weighted by atomic mass is 10.1. The predicted octanol–water partition coefficient (Wildman–Crippen LogP) is 2.42. The van der Waals surface area contributed by atoms with Crippen LogP contribution in [0.1, 0.15) is 25.3 Å². The van der Waals surface area contributed by atoms with Crippen LogP contribution in [0.3, 0.4) is 0 Å². The zero-order valence-corrected chi connectivity index (χ0v) is 9.33. The Labute approximate surface area is 95.5 Å². The van der Waals surface area contributed by atoms with Gasteiger partial charge in [-0.25, -0.2) is 4.39 Å². The third-order valence-electron chi connectivity index (χ3n) is 2.46. The first-order valence-corrected chi connectivity index (χ1v) is 5.31. The Kier molecular flexibility index (Phi) is 4.81. The lowest BCUT2D eigenvalue weighted by molar-refractivity contribution is 0.431. The summed E-state index contributed by atoms with van der Waals surface area (Å²) in [6.07, 6.45) is 6.83. The number of terminal acetylenes is 1. The van der Waals surface area contributed by atoms with Gasteiger partial charge in [0.1, 0.15) is 0 Å².